The molecule has 1 heterocycles. The van der Waals surface area contributed by atoms with Crippen LogP contribution in [0.25, 0.3) is 17.0 Å². The number of amides is 1. The van der Waals surface area contributed by atoms with Crippen LogP contribution in [-0.4, -0.2) is 27.6 Å². The van der Waals surface area contributed by atoms with Gasteiger partial charge < -0.3 is 5.32 Å². The number of rotatable bonds is 4. The Kier molecular flexibility index (Phi) is 3.56. The first-order valence-electron chi connectivity index (χ1n) is 5.62. The highest BCUT2D eigenvalue weighted by molar-refractivity contribution is 5.92. The number of carbonyl (C=O) groups is 1. The van der Waals surface area contributed by atoms with E-state index in [0.717, 1.165) is 0 Å². The van der Waals surface area contributed by atoms with E-state index in [4.69, 9.17) is 0 Å². The normalized spacial score (nSPS) is 11.0. The summed E-state index contributed by atoms with van der Waals surface area (Å²) in [4.78, 5) is 21.1. The molecular weight excluding hydrogens is 248 g/mol. The summed E-state index contributed by atoms with van der Waals surface area (Å²) < 4.78 is 0. The fraction of sp³-hybridized carbons (Fsp3) is 0.167. The molecule has 0 atom stereocenters. The van der Waals surface area contributed by atoms with Crippen LogP contribution in [0.3, 0.4) is 0 Å². The molecule has 2 N–H and O–H groups in total. The molecule has 7 heteroatoms. The highest BCUT2D eigenvalue weighted by atomic mass is 16.6. The Bertz CT molecular complexity index is 660. The van der Waals surface area contributed by atoms with Crippen molar-refractivity contribution in [1.82, 2.24) is 15.5 Å². The topological polar surface area (TPSA) is 101 Å². The van der Waals surface area contributed by atoms with E-state index in [9.17, 15) is 14.9 Å². The fourth-order valence-electron chi connectivity index (χ4n) is 1.70. The van der Waals surface area contributed by atoms with Crippen molar-refractivity contribution in [3.05, 3.63) is 40.1 Å². The van der Waals surface area contributed by atoms with E-state index >= 15 is 0 Å². The standard InChI is InChI=1S/C12H12N4O3/c1-8(17)13-7-3-5-10-9-4-2-6-11(16(18)19)12(9)15-14-10/h2-6H,7H2,1H3,(H,13,17)(H,14,15). The quantitative estimate of drug-likeness (QED) is 0.644. The van der Waals surface area contributed by atoms with E-state index in [0.29, 0.717) is 23.1 Å². The minimum atomic E-state index is -0.464. The van der Waals surface area contributed by atoms with Crippen LogP contribution in [0.4, 0.5) is 5.69 Å². The molecule has 2 rings (SSSR count). The minimum absolute atomic E-state index is 0.0322. The van der Waals surface area contributed by atoms with Gasteiger partial charge in [0.1, 0.15) is 0 Å². The Morgan fingerprint density at radius 1 is 1.58 bits per heavy atom. The summed E-state index contributed by atoms with van der Waals surface area (Å²) in [7, 11) is 0. The Labute approximate surface area is 108 Å². The van der Waals surface area contributed by atoms with Gasteiger partial charge in [-0.3, -0.25) is 20.0 Å². The molecule has 0 unspecified atom stereocenters. The monoisotopic (exact) mass is 260 g/mol. The van der Waals surface area contributed by atoms with Crippen LogP contribution in [-0.2, 0) is 4.79 Å². The van der Waals surface area contributed by atoms with Crippen molar-refractivity contribution in [1.29, 1.82) is 0 Å². The number of hydrogen-bond acceptors (Lipinski definition) is 4. The maximum Gasteiger partial charge on any atom is 0.297 e. The van der Waals surface area contributed by atoms with Crippen LogP contribution in [0.5, 0.6) is 0 Å². The number of nitrogens with zero attached hydrogens (tertiary/aromatic N) is 2. The average Bonchev–Trinajstić information content (AvgIpc) is 2.77. The molecule has 1 amide bonds. The van der Waals surface area contributed by atoms with Crippen molar-refractivity contribution in [2.24, 2.45) is 0 Å². The molecule has 0 aliphatic heterocycles. The summed E-state index contributed by atoms with van der Waals surface area (Å²) in [6.07, 6.45) is 3.47. The minimum Gasteiger partial charge on any atom is -0.353 e. The molecule has 1 aromatic carbocycles. The van der Waals surface area contributed by atoms with Gasteiger partial charge in [0.2, 0.25) is 5.91 Å². The largest absolute Gasteiger partial charge is 0.353 e. The predicted octanol–water partition coefficient (Wildman–Crippen LogP) is 1.62. The van der Waals surface area contributed by atoms with Crippen LogP contribution in [0, 0.1) is 10.1 Å². The number of H-pyrrole nitrogens is 1. The SMILES string of the molecule is CC(=O)NCC=Cc1[nH]nc2c([N+](=O)[O-])cccc12. The average molecular weight is 260 g/mol. The molecule has 1 aromatic heterocycles. The lowest BCUT2D eigenvalue weighted by Gasteiger charge is -1.94. The molecule has 0 radical (unpaired) electrons. The second-order valence-electron chi connectivity index (χ2n) is 3.91. The zero-order chi connectivity index (χ0) is 13.8. The van der Waals surface area contributed by atoms with Crippen LogP contribution in [0.15, 0.2) is 24.3 Å². The molecule has 0 saturated carbocycles. The molecule has 0 spiro atoms. The number of non-ortho nitro benzene ring substituents is 1. The number of aromatic amines is 1. The number of para-hydroxylation sites is 1. The number of aromatic nitrogens is 2. The fourth-order valence-corrected chi connectivity index (χ4v) is 1.70. The predicted molar refractivity (Wildman–Crippen MR) is 70.5 cm³/mol. The van der Waals surface area contributed by atoms with Gasteiger partial charge in [0.25, 0.3) is 5.69 Å². The van der Waals surface area contributed by atoms with E-state index < -0.39 is 4.92 Å². The number of fused-ring (bicyclic) bond motifs is 1. The zero-order valence-corrected chi connectivity index (χ0v) is 10.2. The third-order valence-corrected chi connectivity index (χ3v) is 2.54. The molecular formula is C12H12N4O3. The molecule has 0 saturated heterocycles. The summed E-state index contributed by atoms with van der Waals surface area (Å²) in [5.41, 5.74) is 0.964. The first-order valence-corrected chi connectivity index (χ1v) is 5.62. The Morgan fingerprint density at radius 3 is 3.05 bits per heavy atom. The summed E-state index contributed by atoms with van der Waals surface area (Å²) in [6, 6.07) is 4.78. The number of nitro groups is 1. The number of carbonyl (C=O) groups excluding carboxylic acids is 1. The maximum atomic E-state index is 10.8. The van der Waals surface area contributed by atoms with Crippen molar-refractivity contribution in [2.75, 3.05) is 6.54 Å². The lowest BCUT2D eigenvalue weighted by Crippen LogP contribution is -2.19. The Hall–Kier alpha value is -2.70. The molecule has 7 nitrogen and oxygen atoms in total. The zero-order valence-electron chi connectivity index (χ0n) is 10.2. The van der Waals surface area contributed by atoms with E-state index in [1.807, 2.05) is 0 Å². The lowest BCUT2D eigenvalue weighted by molar-refractivity contribution is -0.383. The van der Waals surface area contributed by atoms with Gasteiger partial charge in [0.05, 0.1) is 10.6 Å². The number of nitro benzene ring substituents is 1. The molecule has 0 aliphatic rings. The number of nitrogens with one attached hydrogen (secondary N) is 2. The second-order valence-corrected chi connectivity index (χ2v) is 3.91. The molecule has 2 aromatic rings. The van der Waals surface area contributed by atoms with Crippen LogP contribution in [0.2, 0.25) is 0 Å². The highest BCUT2D eigenvalue weighted by Gasteiger charge is 2.15. The second kappa shape index (κ2) is 5.30. The summed E-state index contributed by atoms with van der Waals surface area (Å²) in [5, 5.41) is 20.8. The van der Waals surface area contributed by atoms with Gasteiger partial charge in [0.15, 0.2) is 5.52 Å². The Morgan fingerprint density at radius 2 is 2.37 bits per heavy atom. The van der Waals surface area contributed by atoms with Gasteiger partial charge in [0, 0.05) is 24.9 Å². The Balaban J connectivity index is 2.28. The van der Waals surface area contributed by atoms with Gasteiger partial charge in [-0.05, 0) is 6.08 Å². The molecule has 0 fully saturated rings. The van der Waals surface area contributed by atoms with Crippen molar-refractivity contribution < 1.29 is 9.72 Å². The smallest absolute Gasteiger partial charge is 0.297 e. The summed E-state index contributed by atoms with van der Waals surface area (Å²) in [5.74, 6) is -0.116. The first-order chi connectivity index (χ1) is 9.09. The van der Waals surface area contributed by atoms with Gasteiger partial charge >= 0.3 is 0 Å². The van der Waals surface area contributed by atoms with Crippen molar-refractivity contribution in [3.63, 3.8) is 0 Å². The van der Waals surface area contributed by atoms with Gasteiger partial charge in [-0.15, -0.1) is 0 Å². The van der Waals surface area contributed by atoms with E-state index in [2.05, 4.69) is 15.5 Å². The lowest BCUT2D eigenvalue weighted by atomic mass is 10.2. The third-order valence-electron chi connectivity index (χ3n) is 2.54. The highest BCUT2D eigenvalue weighted by Crippen LogP contribution is 2.25. The molecule has 0 aliphatic carbocycles. The van der Waals surface area contributed by atoms with Crippen LogP contribution >= 0.6 is 0 Å². The molecule has 0 bridgehead atoms. The summed E-state index contributed by atoms with van der Waals surface area (Å²) >= 11 is 0. The van der Waals surface area contributed by atoms with Gasteiger partial charge in [-0.25, -0.2) is 0 Å². The van der Waals surface area contributed by atoms with Gasteiger partial charge in [-0.2, -0.15) is 5.10 Å². The van der Waals surface area contributed by atoms with Crippen molar-refractivity contribution >= 4 is 28.6 Å². The summed E-state index contributed by atoms with van der Waals surface area (Å²) in [6.45, 7) is 1.83. The first kappa shape index (κ1) is 12.7. The van der Waals surface area contributed by atoms with Crippen molar-refractivity contribution in [2.45, 2.75) is 6.92 Å². The third kappa shape index (κ3) is 2.76. The van der Waals surface area contributed by atoms with E-state index in [1.165, 1.54) is 13.0 Å². The van der Waals surface area contributed by atoms with Crippen LogP contribution < -0.4 is 5.32 Å². The number of hydrogen-bond donors (Lipinski definition) is 2. The van der Waals surface area contributed by atoms with Crippen molar-refractivity contribution in [3.8, 4) is 0 Å². The maximum absolute atomic E-state index is 10.8. The van der Waals surface area contributed by atoms with Crippen LogP contribution in [0.1, 0.15) is 12.6 Å². The number of benzene rings is 1. The molecule has 19 heavy (non-hydrogen) atoms. The van der Waals surface area contributed by atoms with E-state index in [1.54, 1.807) is 24.3 Å². The molecule has 98 valence electrons. The van der Waals surface area contributed by atoms with Gasteiger partial charge in [-0.1, -0.05) is 18.2 Å². The van der Waals surface area contributed by atoms with E-state index in [-0.39, 0.29) is 11.6 Å².